The van der Waals surface area contributed by atoms with E-state index < -0.39 is 5.41 Å². The third-order valence-corrected chi connectivity index (χ3v) is 6.94. The van der Waals surface area contributed by atoms with Crippen molar-refractivity contribution in [3.05, 3.63) is 70.4 Å². The molecule has 2 aromatic heterocycles. The highest BCUT2D eigenvalue weighted by atomic mass is 32.1. The molecule has 0 aliphatic carbocycles. The average Bonchev–Trinajstić information content (AvgIpc) is 3.26. The van der Waals surface area contributed by atoms with Crippen LogP contribution in [0.3, 0.4) is 0 Å². The van der Waals surface area contributed by atoms with Gasteiger partial charge in [-0.25, -0.2) is 9.97 Å². The SMILES string of the molecule is CCNC(=O)[C@@]1(Cc2ccccc2-c2cncnc2)CCCN(C(=O)c2csc(C)c2)C1. The molecule has 0 spiro atoms. The number of thiophene rings is 1. The highest BCUT2D eigenvalue weighted by Crippen LogP contribution is 2.37. The molecule has 32 heavy (non-hydrogen) atoms. The molecule has 0 bridgehead atoms. The van der Waals surface area contributed by atoms with Crippen molar-refractivity contribution in [2.75, 3.05) is 19.6 Å². The fourth-order valence-corrected chi connectivity index (χ4v) is 5.24. The molecule has 6 nitrogen and oxygen atoms in total. The molecule has 1 saturated heterocycles. The molecule has 1 aliphatic heterocycles. The zero-order valence-corrected chi connectivity index (χ0v) is 19.3. The maximum atomic E-state index is 13.4. The van der Waals surface area contributed by atoms with Gasteiger partial charge in [0.05, 0.1) is 11.0 Å². The third kappa shape index (κ3) is 4.58. The van der Waals surface area contributed by atoms with Crippen molar-refractivity contribution in [2.45, 2.75) is 33.1 Å². The van der Waals surface area contributed by atoms with E-state index in [-0.39, 0.29) is 11.8 Å². The van der Waals surface area contributed by atoms with Crippen LogP contribution in [0.2, 0.25) is 0 Å². The fourth-order valence-electron chi connectivity index (χ4n) is 4.56. The number of hydrogen-bond acceptors (Lipinski definition) is 5. The van der Waals surface area contributed by atoms with Gasteiger partial charge in [-0.15, -0.1) is 11.3 Å². The number of carbonyl (C=O) groups is 2. The van der Waals surface area contributed by atoms with Crippen LogP contribution in [0.25, 0.3) is 11.1 Å². The van der Waals surface area contributed by atoms with Crippen LogP contribution in [0.4, 0.5) is 0 Å². The Morgan fingerprint density at radius 1 is 1.22 bits per heavy atom. The monoisotopic (exact) mass is 448 g/mol. The molecule has 0 radical (unpaired) electrons. The van der Waals surface area contributed by atoms with Gasteiger partial charge in [-0.2, -0.15) is 0 Å². The van der Waals surface area contributed by atoms with Crippen LogP contribution in [-0.2, 0) is 11.2 Å². The molecule has 1 aromatic carbocycles. The lowest BCUT2D eigenvalue weighted by molar-refractivity contribution is -0.133. The minimum Gasteiger partial charge on any atom is -0.356 e. The first-order chi connectivity index (χ1) is 15.5. The van der Waals surface area contributed by atoms with E-state index in [1.54, 1.807) is 23.7 Å². The van der Waals surface area contributed by atoms with E-state index in [1.165, 1.54) is 6.33 Å². The van der Waals surface area contributed by atoms with Gasteiger partial charge in [0.25, 0.3) is 5.91 Å². The molecule has 1 N–H and O–H groups in total. The van der Waals surface area contributed by atoms with Gasteiger partial charge in [0.2, 0.25) is 5.91 Å². The lowest BCUT2D eigenvalue weighted by Gasteiger charge is -2.42. The van der Waals surface area contributed by atoms with Crippen molar-refractivity contribution < 1.29 is 9.59 Å². The summed E-state index contributed by atoms with van der Waals surface area (Å²) in [5, 5.41) is 4.95. The maximum absolute atomic E-state index is 13.4. The van der Waals surface area contributed by atoms with Crippen LogP contribution in [0.5, 0.6) is 0 Å². The minimum atomic E-state index is -0.680. The van der Waals surface area contributed by atoms with Gasteiger partial charge in [0.1, 0.15) is 6.33 Å². The van der Waals surface area contributed by atoms with Crippen LogP contribution in [0.15, 0.2) is 54.4 Å². The summed E-state index contributed by atoms with van der Waals surface area (Å²) < 4.78 is 0. The Hall–Kier alpha value is -3.06. The number of likely N-dealkylation sites (tertiary alicyclic amines) is 1. The zero-order valence-electron chi connectivity index (χ0n) is 18.5. The summed E-state index contributed by atoms with van der Waals surface area (Å²) in [5.41, 5.74) is 3.04. The second-order valence-corrected chi connectivity index (χ2v) is 9.49. The molecule has 7 heteroatoms. The van der Waals surface area contributed by atoms with Gasteiger partial charge >= 0.3 is 0 Å². The lowest BCUT2D eigenvalue weighted by atomic mass is 9.73. The smallest absolute Gasteiger partial charge is 0.254 e. The highest BCUT2D eigenvalue weighted by Gasteiger charge is 2.43. The van der Waals surface area contributed by atoms with E-state index in [1.807, 2.05) is 48.4 Å². The van der Waals surface area contributed by atoms with Crippen molar-refractivity contribution in [2.24, 2.45) is 5.41 Å². The predicted molar refractivity (Wildman–Crippen MR) is 126 cm³/mol. The Morgan fingerprint density at radius 3 is 2.72 bits per heavy atom. The minimum absolute atomic E-state index is 0.00691. The Balaban J connectivity index is 1.67. The van der Waals surface area contributed by atoms with E-state index >= 15 is 0 Å². The van der Waals surface area contributed by atoms with E-state index in [4.69, 9.17) is 0 Å². The second-order valence-electron chi connectivity index (χ2n) is 8.38. The largest absolute Gasteiger partial charge is 0.356 e. The van der Waals surface area contributed by atoms with Crippen LogP contribution < -0.4 is 5.32 Å². The summed E-state index contributed by atoms with van der Waals surface area (Å²) in [5.74, 6) is 0.0191. The Kier molecular flexibility index (Phi) is 6.65. The Morgan fingerprint density at radius 2 is 2.00 bits per heavy atom. The molecular formula is C25H28N4O2S. The summed E-state index contributed by atoms with van der Waals surface area (Å²) in [4.78, 5) is 37.9. The van der Waals surface area contributed by atoms with Gasteiger partial charge in [0, 0.05) is 47.8 Å². The first kappa shape index (κ1) is 22.1. The molecule has 166 valence electrons. The molecule has 0 unspecified atom stereocenters. The summed E-state index contributed by atoms with van der Waals surface area (Å²) in [7, 11) is 0. The maximum Gasteiger partial charge on any atom is 0.254 e. The van der Waals surface area contributed by atoms with E-state index in [0.29, 0.717) is 31.6 Å². The number of rotatable bonds is 6. The van der Waals surface area contributed by atoms with Crippen molar-refractivity contribution >= 4 is 23.2 Å². The van der Waals surface area contributed by atoms with E-state index in [2.05, 4.69) is 21.4 Å². The lowest BCUT2D eigenvalue weighted by Crippen LogP contribution is -2.54. The summed E-state index contributed by atoms with van der Waals surface area (Å²) in [6.07, 6.45) is 7.18. The first-order valence-electron chi connectivity index (χ1n) is 11.0. The van der Waals surface area contributed by atoms with Gasteiger partial charge in [-0.3, -0.25) is 9.59 Å². The predicted octanol–water partition coefficient (Wildman–Crippen LogP) is 4.11. The fraction of sp³-hybridized carbons (Fsp3) is 0.360. The summed E-state index contributed by atoms with van der Waals surface area (Å²) in [6.45, 7) is 5.57. The molecule has 1 aliphatic rings. The van der Waals surface area contributed by atoms with Crippen molar-refractivity contribution in [3.63, 3.8) is 0 Å². The first-order valence-corrected chi connectivity index (χ1v) is 11.9. The third-order valence-electron chi connectivity index (χ3n) is 6.08. The number of benzene rings is 1. The van der Waals surface area contributed by atoms with E-state index in [0.717, 1.165) is 34.4 Å². The van der Waals surface area contributed by atoms with Gasteiger partial charge in [-0.1, -0.05) is 24.3 Å². The molecule has 3 heterocycles. The van der Waals surface area contributed by atoms with Crippen LogP contribution in [-0.4, -0.2) is 46.3 Å². The summed E-state index contributed by atoms with van der Waals surface area (Å²) in [6, 6.07) is 10.0. The van der Waals surface area contributed by atoms with Gasteiger partial charge in [0.15, 0.2) is 0 Å². The van der Waals surface area contributed by atoms with Crippen LogP contribution in [0, 0.1) is 12.3 Å². The molecule has 1 fully saturated rings. The number of aromatic nitrogens is 2. The number of nitrogens with one attached hydrogen (secondary N) is 1. The number of nitrogens with zero attached hydrogens (tertiary/aromatic N) is 3. The molecule has 1 atom stereocenters. The number of piperidine rings is 1. The molecule has 0 saturated carbocycles. The normalized spacial score (nSPS) is 18.4. The van der Waals surface area contributed by atoms with Gasteiger partial charge < -0.3 is 10.2 Å². The number of carbonyl (C=O) groups excluding carboxylic acids is 2. The Labute approximate surface area is 192 Å². The van der Waals surface area contributed by atoms with Gasteiger partial charge in [-0.05, 0) is 50.3 Å². The second kappa shape index (κ2) is 9.61. The zero-order chi connectivity index (χ0) is 22.6. The van der Waals surface area contributed by atoms with Crippen molar-refractivity contribution in [1.82, 2.24) is 20.2 Å². The molecular weight excluding hydrogens is 420 g/mol. The average molecular weight is 449 g/mol. The van der Waals surface area contributed by atoms with Crippen molar-refractivity contribution in [1.29, 1.82) is 0 Å². The van der Waals surface area contributed by atoms with Crippen LogP contribution in [0.1, 0.15) is 40.6 Å². The molecule has 4 rings (SSSR count). The van der Waals surface area contributed by atoms with Crippen molar-refractivity contribution in [3.8, 4) is 11.1 Å². The Bertz CT molecular complexity index is 1100. The number of amides is 2. The standard InChI is InChI=1S/C25H28N4O2S/c1-3-28-24(31)25(9-6-10-29(16-25)23(30)20-11-18(2)32-15-20)12-19-7-4-5-8-22(19)21-13-26-17-27-14-21/h4-5,7-8,11,13-15,17H,3,6,9-10,12,16H2,1-2H3,(H,28,31)/t25-/m1/s1. The summed E-state index contributed by atoms with van der Waals surface area (Å²) >= 11 is 1.57. The topological polar surface area (TPSA) is 75.2 Å². The molecule has 3 aromatic rings. The number of hydrogen-bond donors (Lipinski definition) is 1. The van der Waals surface area contributed by atoms with Crippen LogP contribution >= 0.6 is 11.3 Å². The quantitative estimate of drug-likeness (QED) is 0.616. The highest BCUT2D eigenvalue weighted by molar-refractivity contribution is 7.10. The molecule has 2 amide bonds. The van der Waals surface area contributed by atoms with E-state index in [9.17, 15) is 9.59 Å². The number of aryl methyl sites for hydroxylation is 1.